The van der Waals surface area contributed by atoms with E-state index < -0.39 is 152 Å². The van der Waals surface area contributed by atoms with Gasteiger partial charge in [-0.3, -0.25) is 52.7 Å². The monoisotopic (exact) mass is 1080 g/mol. The van der Waals surface area contributed by atoms with Gasteiger partial charge in [0.05, 0.1) is 26.1 Å². The molecule has 0 radical (unpaired) electrons. The normalized spacial score (nSPS) is 14.6. The molecule has 0 aliphatic carbocycles. The predicted octanol–water partition coefficient (Wildman–Crippen LogP) is -7.80. The molecule has 1 aromatic heterocycles. The minimum absolute atomic E-state index is 0.0151. The third-order valence-corrected chi connectivity index (χ3v) is 11.3. The van der Waals surface area contributed by atoms with Gasteiger partial charge in [-0.25, -0.2) is 9.78 Å². The first-order valence-electron chi connectivity index (χ1n) is 24.7. The number of carbonyl (C=O) groups excluding carboxylic acids is 11. The smallest absolute Gasteiger partial charge is 0.326 e. The third kappa shape index (κ3) is 25.7. The lowest BCUT2D eigenvalue weighted by atomic mass is 10.0. The molecule has 31 nitrogen and oxygen atoms in total. The van der Waals surface area contributed by atoms with Crippen LogP contribution in [0, 0.1) is 5.92 Å². The van der Waals surface area contributed by atoms with Gasteiger partial charge in [0, 0.05) is 31.2 Å². The minimum atomic E-state index is -1.73. The predicted molar refractivity (Wildman–Crippen MR) is 268 cm³/mol. The van der Waals surface area contributed by atoms with Crippen LogP contribution in [0.4, 0.5) is 0 Å². The number of hydrogen-bond acceptors (Lipinski definition) is 18. The first-order chi connectivity index (χ1) is 35.9. The number of rotatable bonds is 39. The molecule has 1 heterocycles. The Hall–Kier alpha value is -7.35. The van der Waals surface area contributed by atoms with Gasteiger partial charge in [0.1, 0.15) is 54.4 Å². The fourth-order valence-corrected chi connectivity index (χ4v) is 7.10. The topological polar surface area (TPSA) is 533 Å². The summed E-state index contributed by atoms with van der Waals surface area (Å²) in [5.74, 6) is -12.0. The van der Waals surface area contributed by atoms with Crippen molar-refractivity contribution in [3.63, 3.8) is 0 Å². The number of carbonyl (C=O) groups is 12. The highest BCUT2D eigenvalue weighted by atomic mass is 16.4. The van der Waals surface area contributed by atoms with Crippen molar-refractivity contribution in [1.82, 2.24) is 57.8 Å². The second-order valence-electron chi connectivity index (χ2n) is 18.2. The molecular weight excluding hydrogens is 1000 g/mol. The highest BCUT2D eigenvalue weighted by Crippen LogP contribution is 2.11. The second-order valence-corrected chi connectivity index (χ2v) is 18.2. The van der Waals surface area contributed by atoms with E-state index in [0.717, 1.165) is 0 Å². The maximum Gasteiger partial charge on any atom is 0.326 e. The summed E-state index contributed by atoms with van der Waals surface area (Å²) in [6.07, 6.45) is 2.24. The van der Waals surface area contributed by atoms with Crippen LogP contribution in [0.3, 0.4) is 0 Å². The molecule has 0 fully saturated rings. The van der Waals surface area contributed by atoms with Crippen LogP contribution < -0.4 is 76.5 Å². The quantitative estimate of drug-likeness (QED) is 0.0272. The Labute approximate surface area is 438 Å². The van der Waals surface area contributed by atoms with Gasteiger partial charge in [-0.15, -0.1) is 0 Å². The second kappa shape index (κ2) is 35.8. The number of aliphatic carboxylic acids is 1. The molecule has 31 heteroatoms. The molecule has 0 aromatic carbocycles. The Bertz CT molecular complexity index is 2100. The molecule has 1 rings (SSSR count). The Morgan fingerprint density at radius 3 is 1.33 bits per heavy atom. The Morgan fingerprint density at radius 2 is 0.908 bits per heavy atom. The number of unbranched alkanes of at least 4 members (excludes halogenated alkanes) is 2. The molecule has 76 heavy (non-hydrogen) atoms. The summed E-state index contributed by atoms with van der Waals surface area (Å²) in [6.45, 7) is 2.66. The molecule has 0 bridgehead atoms. The van der Waals surface area contributed by atoms with Crippen LogP contribution in [0.5, 0.6) is 0 Å². The first-order valence-corrected chi connectivity index (χ1v) is 24.7. The van der Waals surface area contributed by atoms with Crippen molar-refractivity contribution < 1.29 is 72.9 Å². The lowest BCUT2D eigenvalue weighted by Gasteiger charge is -2.27. The molecule has 428 valence electrons. The SMILES string of the molecule is CC(C)C[C@H](NC(=O)[C@H](CO)NC(=O)[C@H](C)NC(=O)[C@H](Cc1cnc[nH]1)NC(=O)[C@H](CCCCN)NC(=O)[C@H](CCC(N)=O)NC(=O)[C@H](CO)NC(=O)CN)C(=O)N[C@@H](CCC(N)=O)C(=O)N[C@@H](CCCCN)C(=O)O. The van der Waals surface area contributed by atoms with E-state index in [-0.39, 0.29) is 70.4 Å². The number of nitrogens with two attached hydrogens (primary N) is 5. The zero-order valence-electron chi connectivity index (χ0n) is 43.0. The largest absolute Gasteiger partial charge is 0.480 e. The molecule has 0 saturated carbocycles. The highest BCUT2D eigenvalue weighted by Gasteiger charge is 2.35. The average molecular weight is 1080 g/mol. The Morgan fingerprint density at radius 1 is 0.513 bits per heavy atom. The fraction of sp³-hybridized carbons (Fsp3) is 0.667. The lowest BCUT2D eigenvalue weighted by Crippen LogP contribution is -2.61. The zero-order chi connectivity index (χ0) is 57.5. The number of aromatic amines is 1. The van der Waals surface area contributed by atoms with E-state index in [4.69, 9.17) is 28.7 Å². The van der Waals surface area contributed by atoms with Crippen molar-refractivity contribution in [3.05, 3.63) is 18.2 Å². The van der Waals surface area contributed by atoms with Crippen LogP contribution in [0.25, 0.3) is 0 Å². The number of amides is 11. The number of imidazole rings is 1. The van der Waals surface area contributed by atoms with Crippen molar-refractivity contribution in [1.29, 1.82) is 0 Å². The number of aliphatic hydroxyl groups excluding tert-OH is 2. The number of carboxylic acids is 1. The van der Waals surface area contributed by atoms with Crippen molar-refractivity contribution in [2.45, 2.75) is 152 Å². The summed E-state index contributed by atoms with van der Waals surface area (Å²) in [7, 11) is 0. The molecule has 0 aliphatic heterocycles. The molecule has 0 spiro atoms. The van der Waals surface area contributed by atoms with Crippen molar-refractivity contribution in [2.75, 3.05) is 32.8 Å². The number of aromatic nitrogens is 2. The van der Waals surface area contributed by atoms with E-state index in [1.807, 2.05) is 0 Å². The van der Waals surface area contributed by atoms with Crippen LogP contribution in [-0.2, 0) is 64.0 Å². The Kier molecular flexibility index (Phi) is 31.4. The molecule has 0 saturated heterocycles. The summed E-state index contributed by atoms with van der Waals surface area (Å²) in [5, 5.41) is 51.1. The van der Waals surface area contributed by atoms with E-state index >= 15 is 0 Å². The van der Waals surface area contributed by atoms with E-state index in [1.54, 1.807) is 13.8 Å². The van der Waals surface area contributed by atoms with Crippen molar-refractivity contribution in [3.8, 4) is 0 Å². The number of H-pyrrole nitrogens is 1. The van der Waals surface area contributed by atoms with E-state index in [0.29, 0.717) is 25.0 Å². The van der Waals surface area contributed by atoms with Crippen LogP contribution in [0.1, 0.15) is 97.1 Å². The van der Waals surface area contributed by atoms with Gasteiger partial charge in [0.25, 0.3) is 0 Å². The summed E-state index contributed by atoms with van der Waals surface area (Å²) in [5.41, 5.74) is 27.4. The number of nitrogens with zero attached hydrogens (tertiary/aromatic N) is 1. The van der Waals surface area contributed by atoms with Gasteiger partial charge >= 0.3 is 5.97 Å². The fourth-order valence-electron chi connectivity index (χ4n) is 7.10. The number of primary amides is 2. The lowest BCUT2D eigenvalue weighted by molar-refractivity contribution is -0.142. The summed E-state index contributed by atoms with van der Waals surface area (Å²) in [4.78, 5) is 163. The molecular formula is C45H78N16O15. The van der Waals surface area contributed by atoms with E-state index in [1.165, 1.54) is 19.4 Å². The van der Waals surface area contributed by atoms with Crippen LogP contribution >= 0.6 is 0 Å². The number of aliphatic hydroxyl groups is 2. The highest BCUT2D eigenvalue weighted by molar-refractivity contribution is 5.98. The molecule has 11 amide bonds. The van der Waals surface area contributed by atoms with Crippen LogP contribution in [-0.4, -0.2) is 183 Å². The van der Waals surface area contributed by atoms with E-state index in [9.17, 15) is 72.9 Å². The van der Waals surface area contributed by atoms with Crippen molar-refractivity contribution >= 4 is 70.9 Å². The maximum absolute atomic E-state index is 14.0. The van der Waals surface area contributed by atoms with Gasteiger partial charge < -0.3 is 96.8 Å². The number of nitrogens with one attached hydrogen (secondary N) is 10. The standard InChI is InChI=1S/C45H78N16O15/c1-23(2)16-30(42(72)56-28(11-13-35(50)65)40(70)58-29(45(75)76)9-5-7-15-47)59-44(74)33(21-63)61-37(67)24(3)53-41(71)31(17-25-19-51-22-52-25)60-38(68)26(8-4-6-14-46)55-39(69)27(10-12-34(49)64)57-43(73)32(20-62)54-36(66)18-48/h19,22-24,26-33,62-63H,4-18,20-21,46-48H2,1-3H3,(H2,49,64)(H2,50,65)(H,51,52)(H,53,71)(H,54,66)(H,55,69)(H,56,72)(H,57,73)(H,58,70)(H,59,74)(H,60,68)(H,61,67)(H,75,76)/t24-,26-,27-,28-,29-,30-,31-,32-,33-/m0/s1. The molecule has 23 N–H and O–H groups in total. The van der Waals surface area contributed by atoms with Gasteiger partial charge in [-0.1, -0.05) is 13.8 Å². The van der Waals surface area contributed by atoms with Gasteiger partial charge in [0.2, 0.25) is 65.0 Å². The van der Waals surface area contributed by atoms with Crippen LogP contribution in [0.15, 0.2) is 12.5 Å². The average Bonchev–Trinajstić information content (AvgIpc) is 3.88. The van der Waals surface area contributed by atoms with Crippen molar-refractivity contribution in [2.24, 2.45) is 34.6 Å². The minimum Gasteiger partial charge on any atom is -0.480 e. The number of hydrogen-bond donors (Lipinski definition) is 18. The van der Waals surface area contributed by atoms with E-state index in [2.05, 4.69) is 57.8 Å². The number of carboxylic acid groups (broad SMARTS) is 1. The summed E-state index contributed by atoms with van der Waals surface area (Å²) in [6, 6.07) is -13.5. The summed E-state index contributed by atoms with van der Waals surface area (Å²) >= 11 is 0. The Balaban J connectivity index is 3.34. The molecule has 0 aliphatic rings. The molecule has 9 atom stereocenters. The molecule has 1 aromatic rings. The molecule has 0 unspecified atom stereocenters. The van der Waals surface area contributed by atoms with Gasteiger partial charge in [-0.2, -0.15) is 0 Å². The van der Waals surface area contributed by atoms with Gasteiger partial charge in [-0.05, 0) is 83.7 Å². The van der Waals surface area contributed by atoms with Crippen LogP contribution in [0.2, 0.25) is 0 Å². The maximum atomic E-state index is 14.0. The van der Waals surface area contributed by atoms with Gasteiger partial charge in [0.15, 0.2) is 0 Å². The first kappa shape index (κ1) is 66.7. The summed E-state index contributed by atoms with van der Waals surface area (Å²) < 4.78 is 0. The third-order valence-electron chi connectivity index (χ3n) is 11.3. The zero-order valence-corrected chi connectivity index (χ0v) is 43.0.